The Kier molecular flexibility index (Phi) is 5.39. The van der Waals surface area contributed by atoms with Crippen molar-refractivity contribution in [2.45, 2.75) is 63.6 Å². The van der Waals surface area contributed by atoms with Crippen molar-refractivity contribution < 1.29 is 4.74 Å². The van der Waals surface area contributed by atoms with E-state index >= 15 is 0 Å². The summed E-state index contributed by atoms with van der Waals surface area (Å²) in [5, 5.41) is 0. The highest BCUT2D eigenvalue weighted by Gasteiger charge is 2.48. The highest BCUT2D eigenvalue weighted by molar-refractivity contribution is 5.10. The molecule has 1 atom stereocenters. The lowest BCUT2D eigenvalue weighted by atomic mass is 9.84. The van der Waals surface area contributed by atoms with Gasteiger partial charge in [0.05, 0.1) is 6.61 Å². The molecule has 25 heavy (non-hydrogen) atoms. The van der Waals surface area contributed by atoms with E-state index in [1.165, 1.54) is 63.7 Å². The van der Waals surface area contributed by atoms with Gasteiger partial charge in [0, 0.05) is 56.8 Å². The zero-order chi connectivity index (χ0) is 17.1. The van der Waals surface area contributed by atoms with Crippen molar-refractivity contribution in [1.29, 1.82) is 0 Å². The number of rotatable bonds is 7. The van der Waals surface area contributed by atoms with Gasteiger partial charge in [-0.2, -0.15) is 0 Å². The molecule has 0 aromatic carbocycles. The Bertz CT molecular complexity index is 537. The molecular formula is C21H33N3O. The molecule has 1 aromatic heterocycles. The molecule has 4 rings (SSSR count). The Morgan fingerprint density at radius 1 is 1.12 bits per heavy atom. The quantitative estimate of drug-likeness (QED) is 0.759. The molecule has 0 radical (unpaired) electrons. The molecular weight excluding hydrogens is 310 g/mol. The first kappa shape index (κ1) is 17.4. The van der Waals surface area contributed by atoms with Crippen molar-refractivity contribution in [2.75, 3.05) is 32.8 Å². The summed E-state index contributed by atoms with van der Waals surface area (Å²) in [5.74, 6) is 0.967. The summed E-state index contributed by atoms with van der Waals surface area (Å²) in [7, 11) is 0. The van der Waals surface area contributed by atoms with Gasteiger partial charge in [0.1, 0.15) is 0 Å². The van der Waals surface area contributed by atoms with Crippen LogP contribution < -0.4 is 0 Å². The molecule has 1 saturated carbocycles. The third kappa shape index (κ3) is 4.07. The lowest BCUT2D eigenvalue weighted by molar-refractivity contribution is 0.000368. The van der Waals surface area contributed by atoms with Crippen LogP contribution in [-0.4, -0.2) is 59.2 Å². The van der Waals surface area contributed by atoms with Crippen LogP contribution in [0.5, 0.6) is 0 Å². The first-order chi connectivity index (χ1) is 12.3. The van der Waals surface area contributed by atoms with Crippen LogP contribution in [0.4, 0.5) is 0 Å². The van der Waals surface area contributed by atoms with Gasteiger partial charge >= 0.3 is 0 Å². The number of aromatic nitrogens is 1. The van der Waals surface area contributed by atoms with Crippen LogP contribution >= 0.6 is 0 Å². The van der Waals surface area contributed by atoms with Gasteiger partial charge in [-0.15, -0.1) is 0 Å². The van der Waals surface area contributed by atoms with Crippen LogP contribution in [0.2, 0.25) is 0 Å². The number of nitrogens with zero attached hydrogens (tertiary/aromatic N) is 3. The first-order valence-electron chi connectivity index (χ1n) is 10.2. The van der Waals surface area contributed by atoms with Gasteiger partial charge in [0.25, 0.3) is 0 Å². The maximum absolute atomic E-state index is 5.83. The molecule has 138 valence electrons. The lowest BCUT2D eigenvalue weighted by Gasteiger charge is -2.47. The number of pyridine rings is 1. The van der Waals surface area contributed by atoms with Crippen molar-refractivity contribution in [3.63, 3.8) is 0 Å². The summed E-state index contributed by atoms with van der Waals surface area (Å²) in [4.78, 5) is 9.66. The van der Waals surface area contributed by atoms with Crippen LogP contribution in [0.3, 0.4) is 0 Å². The lowest BCUT2D eigenvalue weighted by Crippen LogP contribution is -2.55. The number of likely N-dealkylation sites (tertiary alicyclic amines) is 2. The molecule has 4 heteroatoms. The molecule has 1 aromatic rings. The molecule has 3 aliphatic rings. The minimum atomic E-state index is 0.457. The van der Waals surface area contributed by atoms with Crippen LogP contribution in [0.1, 0.15) is 51.0 Å². The highest BCUT2D eigenvalue weighted by Crippen LogP contribution is 2.44. The van der Waals surface area contributed by atoms with E-state index in [4.69, 9.17) is 4.74 Å². The largest absolute Gasteiger partial charge is 0.380 e. The van der Waals surface area contributed by atoms with Gasteiger partial charge in [-0.1, -0.05) is 0 Å². The van der Waals surface area contributed by atoms with Gasteiger partial charge in [0.2, 0.25) is 0 Å². The predicted octanol–water partition coefficient (Wildman–Crippen LogP) is 3.33. The van der Waals surface area contributed by atoms with Gasteiger partial charge in [-0.3, -0.25) is 14.8 Å². The molecule has 1 aliphatic carbocycles. The molecule has 0 amide bonds. The van der Waals surface area contributed by atoms with E-state index in [0.29, 0.717) is 11.6 Å². The Hall–Kier alpha value is -0.970. The van der Waals surface area contributed by atoms with Gasteiger partial charge in [-0.25, -0.2) is 0 Å². The third-order valence-corrected chi connectivity index (χ3v) is 6.60. The molecule has 1 unspecified atom stereocenters. The Labute approximate surface area is 152 Å². The second-order valence-corrected chi connectivity index (χ2v) is 8.30. The summed E-state index contributed by atoms with van der Waals surface area (Å²) in [6, 6.07) is 4.96. The van der Waals surface area contributed by atoms with Crippen molar-refractivity contribution >= 4 is 0 Å². The average Bonchev–Trinajstić information content (AvgIpc) is 3.41. The van der Waals surface area contributed by atoms with E-state index < -0.39 is 0 Å². The molecule has 4 nitrogen and oxygen atoms in total. The average molecular weight is 344 g/mol. The SMILES string of the molecule is CCOCC1CCC2(CCN(Cc3ccncc3)CC2)N1CC1CC1. The molecule has 3 fully saturated rings. The first-order valence-corrected chi connectivity index (χ1v) is 10.2. The van der Waals surface area contributed by atoms with Crippen molar-refractivity contribution in [3.8, 4) is 0 Å². The van der Waals surface area contributed by atoms with Crippen LogP contribution in [0.15, 0.2) is 24.5 Å². The summed E-state index contributed by atoms with van der Waals surface area (Å²) in [5.41, 5.74) is 1.85. The Morgan fingerprint density at radius 2 is 1.88 bits per heavy atom. The van der Waals surface area contributed by atoms with E-state index in [0.717, 1.165) is 25.7 Å². The number of ether oxygens (including phenoxy) is 1. The van der Waals surface area contributed by atoms with Gasteiger partial charge < -0.3 is 4.74 Å². The summed E-state index contributed by atoms with van der Waals surface area (Å²) >= 11 is 0. The van der Waals surface area contributed by atoms with E-state index in [2.05, 4.69) is 33.8 Å². The maximum atomic E-state index is 5.83. The molecule has 2 aliphatic heterocycles. The molecule has 3 heterocycles. The molecule has 0 bridgehead atoms. The van der Waals surface area contributed by atoms with Crippen LogP contribution in [-0.2, 0) is 11.3 Å². The maximum Gasteiger partial charge on any atom is 0.0621 e. The van der Waals surface area contributed by atoms with Gasteiger partial charge in [-0.05, 0) is 69.1 Å². The van der Waals surface area contributed by atoms with Crippen LogP contribution in [0.25, 0.3) is 0 Å². The predicted molar refractivity (Wildman–Crippen MR) is 100 cm³/mol. The zero-order valence-corrected chi connectivity index (χ0v) is 15.7. The fourth-order valence-corrected chi connectivity index (χ4v) is 4.88. The second kappa shape index (κ2) is 7.73. The third-order valence-electron chi connectivity index (χ3n) is 6.60. The topological polar surface area (TPSA) is 28.6 Å². The van der Waals surface area contributed by atoms with Crippen molar-refractivity contribution in [3.05, 3.63) is 30.1 Å². The molecule has 1 spiro atoms. The molecule has 0 N–H and O–H groups in total. The highest BCUT2D eigenvalue weighted by atomic mass is 16.5. The minimum absolute atomic E-state index is 0.457. The van der Waals surface area contributed by atoms with E-state index in [1.54, 1.807) is 0 Å². The number of piperidine rings is 1. The van der Waals surface area contributed by atoms with Crippen molar-refractivity contribution in [2.24, 2.45) is 5.92 Å². The van der Waals surface area contributed by atoms with E-state index in [9.17, 15) is 0 Å². The summed E-state index contributed by atoms with van der Waals surface area (Å²) in [6.45, 7) is 8.75. The Morgan fingerprint density at radius 3 is 2.56 bits per heavy atom. The van der Waals surface area contributed by atoms with Crippen molar-refractivity contribution in [1.82, 2.24) is 14.8 Å². The normalized spacial score (nSPS) is 27.2. The number of hydrogen-bond acceptors (Lipinski definition) is 4. The zero-order valence-electron chi connectivity index (χ0n) is 15.7. The summed E-state index contributed by atoms with van der Waals surface area (Å²) in [6.07, 6.45) is 12.1. The standard InChI is InChI=1S/C21H33N3O/c1-2-25-17-20-5-8-21(24(20)16-18-3-4-18)9-13-23(14-10-21)15-19-6-11-22-12-7-19/h6-7,11-12,18,20H,2-5,8-10,13-17H2,1H3. The monoisotopic (exact) mass is 343 g/mol. The van der Waals surface area contributed by atoms with Crippen LogP contribution in [0, 0.1) is 5.92 Å². The summed E-state index contributed by atoms with van der Waals surface area (Å²) < 4.78 is 5.83. The second-order valence-electron chi connectivity index (χ2n) is 8.30. The smallest absolute Gasteiger partial charge is 0.0621 e. The fourth-order valence-electron chi connectivity index (χ4n) is 4.88. The van der Waals surface area contributed by atoms with E-state index in [1.807, 2.05) is 12.4 Å². The van der Waals surface area contributed by atoms with E-state index in [-0.39, 0.29) is 0 Å². The fraction of sp³-hybridized carbons (Fsp3) is 0.762. The molecule has 2 saturated heterocycles. The Balaban J connectivity index is 1.37. The minimum Gasteiger partial charge on any atom is -0.380 e. The van der Waals surface area contributed by atoms with Gasteiger partial charge in [0.15, 0.2) is 0 Å². The number of hydrogen-bond donors (Lipinski definition) is 0.